The Balaban J connectivity index is 2.05. The molecular weight excluding hydrogens is 156 g/mol. The van der Waals surface area contributed by atoms with Gasteiger partial charge in [-0.3, -0.25) is 0 Å². The van der Waals surface area contributed by atoms with Gasteiger partial charge in [0.15, 0.2) is 5.79 Å². The van der Waals surface area contributed by atoms with Crippen LogP contribution in [0.2, 0.25) is 0 Å². The SMILES string of the molecule is CC1CC(O)CCC12OCCO2. The second-order valence-corrected chi connectivity index (χ2v) is 3.84. The van der Waals surface area contributed by atoms with Crippen molar-refractivity contribution in [3.8, 4) is 0 Å². The summed E-state index contributed by atoms with van der Waals surface area (Å²) in [5, 5.41) is 9.41. The van der Waals surface area contributed by atoms with Crippen LogP contribution in [0.3, 0.4) is 0 Å². The molecule has 0 bridgehead atoms. The van der Waals surface area contributed by atoms with Gasteiger partial charge in [0.05, 0.1) is 19.3 Å². The van der Waals surface area contributed by atoms with E-state index in [-0.39, 0.29) is 11.9 Å². The predicted octanol–water partition coefficient (Wildman–Crippen LogP) is 0.910. The Labute approximate surface area is 72.7 Å². The van der Waals surface area contributed by atoms with Crippen molar-refractivity contribution in [1.82, 2.24) is 0 Å². The molecule has 2 unspecified atom stereocenters. The maximum atomic E-state index is 9.41. The van der Waals surface area contributed by atoms with Crippen LogP contribution in [0.4, 0.5) is 0 Å². The van der Waals surface area contributed by atoms with Crippen LogP contribution in [-0.4, -0.2) is 30.2 Å². The summed E-state index contributed by atoms with van der Waals surface area (Å²) in [5.41, 5.74) is 0. The molecule has 1 aliphatic carbocycles. The third-order valence-corrected chi connectivity index (χ3v) is 2.98. The largest absolute Gasteiger partial charge is 0.393 e. The van der Waals surface area contributed by atoms with E-state index in [1.165, 1.54) is 0 Å². The highest BCUT2D eigenvalue weighted by molar-refractivity contribution is 4.87. The van der Waals surface area contributed by atoms with E-state index in [4.69, 9.17) is 9.47 Å². The first-order valence-corrected chi connectivity index (χ1v) is 4.69. The molecule has 1 saturated heterocycles. The minimum atomic E-state index is -0.348. The Morgan fingerprint density at radius 3 is 2.58 bits per heavy atom. The van der Waals surface area contributed by atoms with Crippen molar-refractivity contribution in [3.05, 3.63) is 0 Å². The number of aliphatic hydroxyl groups is 1. The van der Waals surface area contributed by atoms with Crippen LogP contribution in [0.25, 0.3) is 0 Å². The van der Waals surface area contributed by atoms with Gasteiger partial charge in [-0.25, -0.2) is 0 Å². The second-order valence-electron chi connectivity index (χ2n) is 3.84. The van der Waals surface area contributed by atoms with Crippen LogP contribution < -0.4 is 0 Å². The lowest BCUT2D eigenvalue weighted by molar-refractivity contribution is -0.219. The van der Waals surface area contributed by atoms with Gasteiger partial charge in [-0.05, 0) is 12.8 Å². The molecule has 3 nitrogen and oxygen atoms in total. The summed E-state index contributed by atoms with van der Waals surface area (Å²) >= 11 is 0. The monoisotopic (exact) mass is 172 g/mol. The number of hydrogen-bond acceptors (Lipinski definition) is 3. The lowest BCUT2D eigenvalue weighted by Gasteiger charge is -2.39. The summed E-state index contributed by atoms with van der Waals surface area (Å²) in [5.74, 6) is -0.0251. The Morgan fingerprint density at radius 1 is 1.33 bits per heavy atom. The van der Waals surface area contributed by atoms with Crippen molar-refractivity contribution in [1.29, 1.82) is 0 Å². The van der Waals surface area contributed by atoms with Gasteiger partial charge < -0.3 is 14.6 Å². The molecular formula is C9H16O3. The molecule has 1 heterocycles. The van der Waals surface area contributed by atoms with Crippen LogP contribution in [0.5, 0.6) is 0 Å². The van der Waals surface area contributed by atoms with E-state index in [9.17, 15) is 5.11 Å². The van der Waals surface area contributed by atoms with Gasteiger partial charge in [0.2, 0.25) is 0 Å². The molecule has 0 radical (unpaired) electrons. The summed E-state index contributed by atoms with van der Waals surface area (Å²) in [4.78, 5) is 0. The van der Waals surface area contributed by atoms with Gasteiger partial charge in [0, 0.05) is 12.3 Å². The smallest absolute Gasteiger partial charge is 0.171 e. The molecule has 3 heteroatoms. The van der Waals surface area contributed by atoms with Crippen molar-refractivity contribution in [2.45, 2.75) is 38.1 Å². The number of hydrogen-bond donors (Lipinski definition) is 1. The fourth-order valence-electron chi connectivity index (χ4n) is 2.22. The van der Waals surface area contributed by atoms with Crippen LogP contribution in [0.15, 0.2) is 0 Å². The van der Waals surface area contributed by atoms with Crippen molar-refractivity contribution < 1.29 is 14.6 Å². The second kappa shape index (κ2) is 2.98. The zero-order valence-corrected chi connectivity index (χ0v) is 7.45. The molecule has 70 valence electrons. The minimum Gasteiger partial charge on any atom is -0.393 e. The highest BCUT2D eigenvalue weighted by Gasteiger charge is 2.45. The highest BCUT2D eigenvalue weighted by Crippen LogP contribution is 2.39. The first-order chi connectivity index (χ1) is 5.73. The quantitative estimate of drug-likeness (QED) is 0.590. The Bertz CT molecular complexity index is 163. The normalized spacial score (nSPS) is 40.5. The van der Waals surface area contributed by atoms with E-state index in [1.54, 1.807) is 0 Å². The molecule has 1 spiro atoms. The molecule has 0 amide bonds. The summed E-state index contributed by atoms with van der Waals surface area (Å²) in [7, 11) is 0. The van der Waals surface area contributed by atoms with E-state index in [1.807, 2.05) is 0 Å². The van der Waals surface area contributed by atoms with E-state index in [0.29, 0.717) is 19.1 Å². The molecule has 0 aromatic heterocycles. The maximum Gasteiger partial charge on any atom is 0.171 e. The van der Waals surface area contributed by atoms with Crippen LogP contribution in [-0.2, 0) is 9.47 Å². The Hall–Kier alpha value is -0.120. The molecule has 12 heavy (non-hydrogen) atoms. The molecule has 2 rings (SSSR count). The standard InChI is InChI=1S/C9H16O3/c1-7-6-8(10)2-3-9(7)11-4-5-12-9/h7-8,10H,2-6H2,1H3. The summed E-state index contributed by atoms with van der Waals surface area (Å²) in [6.07, 6.45) is 2.30. The van der Waals surface area contributed by atoms with E-state index < -0.39 is 0 Å². The van der Waals surface area contributed by atoms with Gasteiger partial charge in [-0.15, -0.1) is 0 Å². The fraction of sp³-hybridized carbons (Fsp3) is 1.00. The first kappa shape index (κ1) is 8.48. The predicted molar refractivity (Wildman–Crippen MR) is 43.7 cm³/mol. The lowest BCUT2D eigenvalue weighted by Crippen LogP contribution is -2.44. The molecule has 0 aromatic rings. The molecule has 0 aromatic carbocycles. The molecule has 2 aliphatic rings. The molecule has 1 N–H and O–H groups in total. The number of aliphatic hydroxyl groups excluding tert-OH is 1. The fourth-order valence-corrected chi connectivity index (χ4v) is 2.22. The van der Waals surface area contributed by atoms with E-state index in [2.05, 4.69) is 6.92 Å². The van der Waals surface area contributed by atoms with Crippen LogP contribution >= 0.6 is 0 Å². The maximum absolute atomic E-state index is 9.41. The van der Waals surface area contributed by atoms with E-state index >= 15 is 0 Å². The number of rotatable bonds is 0. The van der Waals surface area contributed by atoms with Crippen LogP contribution in [0.1, 0.15) is 26.2 Å². The Kier molecular flexibility index (Phi) is 2.10. The van der Waals surface area contributed by atoms with Crippen molar-refractivity contribution in [3.63, 3.8) is 0 Å². The topological polar surface area (TPSA) is 38.7 Å². The van der Waals surface area contributed by atoms with Crippen molar-refractivity contribution >= 4 is 0 Å². The summed E-state index contributed by atoms with van der Waals surface area (Å²) < 4.78 is 11.2. The molecule has 2 atom stereocenters. The summed E-state index contributed by atoms with van der Waals surface area (Å²) in [6.45, 7) is 3.51. The Morgan fingerprint density at radius 2 is 2.00 bits per heavy atom. The minimum absolute atomic E-state index is 0.154. The average Bonchev–Trinajstić information content (AvgIpc) is 2.48. The molecule has 1 aliphatic heterocycles. The van der Waals surface area contributed by atoms with Gasteiger partial charge >= 0.3 is 0 Å². The summed E-state index contributed by atoms with van der Waals surface area (Å²) in [6, 6.07) is 0. The zero-order valence-electron chi connectivity index (χ0n) is 7.45. The van der Waals surface area contributed by atoms with Crippen molar-refractivity contribution in [2.75, 3.05) is 13.2 Å². The van der Waals surface area contributed by atoms with Gasteiger partial charge in [0.25, 0.3) is 0 Å². The molecule has 1 saturated carbocycles. The van der Waals surface area contributed by atoms with Crippen LogP contribution in [0, 0.1) is 5.92 Å². The van der Waals surface area contributed by atoms with E-state index in [0.717, 1.165) is 19.3 Å². The molecule has 2 fully saturated rings. The zero-order chi connectivity index (χ0) is 8.60. The van der Waals surface area contributed by atoms with Gasteiger partial charge in [0.1, 0.15) is 0 Å². The lowest BCUT2D eigenvalue weighted by atomic mass is 9.83. The third-order valence-electron chi connectivity index (χ3n) is 2.98. The average molecular weight is 172 g/mol. The van der Waals surface area contributed by atoms with Gasteiger partial charge in [-0.1, -0.05) is 6.92 Å². The first-order valence-electron chi connectivity index (χ1n) is 4.69. The number of ether oxygens (including phenoxy) is 2. The van der Waals surface area contributed by atoms with Crippen molar-refractivity contribution in [2.24, 2.45) is 5.92 Å². The van der Waals surface area contributed by atoms with Gasteiger partial charge in [-0.2, -0.15) is 0 Å². The third kappa shape index (κ3) is 1.26. The highest BCUT2D eigenvalue weighted by atomic mass is 16.7.